The summed E-state index contributed by atoms with van der Waals surface area (Å²) >= 11 is 0. The molecule has 0 unspecified atom stereocenters. The zero-order valence-corrected chi connectivity index (χ0v) is 15.7. The maximum Gasteiger partial charge on any atom is 0.193 e. The number of nitrogens with one attached hydrogen (secondary N) is 1. The van der Waals surface area contributed by atoms with E-state index < -0.39 is 0 Å². The number of aromatic nitrogens is 3. The third-order valence-electron chi connectivity index (χ3n) is 5.17. The number of piperidine rings is 1. The van der Waals surface area contributed by atoms with Crippen molar-refractivity contribution in [2.45, 2.75) is 64.5 Å². The first-order valence-electron chi connectivity index (χ1n) is 9.80. The zero-order chi connectivity index (χ0) is 17.5. The lowest BCUT2D eigenvalue weighted by molar-refractivity contribution is 0.0264. The van der Waals surface area contributed by atoms with Crippen LogP contribution in [0.2, 0.25) is 0 Å². The molecule has 7 heteroatoms. The topological polar surface area (TPSA) is 67.6 Å². The van der Waals surface area contributed by atoms with Crippen LogP contribution in [0.3, 0.4) is 0 Å². The van der Waals surface area contributed by atoms with Crippen molar-refractivity contribution in [3.8, 4) is 0 Å². The summed E-state index contributed by atoms with van der Waals surface area (Å²) in [5, 5.41) is 12.3. The van der Waals surface area contributed by atoms with E-state index in [-0.39, 0.29) is 0 Å². The van der Waals surface area contributed by atoms with Crippen molar-refractivity contribution in [1.29, 1.82) is 0 Å². The molecule has 1 aromatic rings. The lowest BCUT2D eigenvalue weighted by atomic mass is 10.1. The molecule has 1 aromatic heterocycles. The molecule has 0 radical (unpaired) electrons. The van der Waals surface area contributed by atoms with Gasteiger partial charge in [-0.25, -0.2) is 0 Å². The van der Waals surface area contributed by atoms with Crippen molar-refractivity contribution >= 4 is 5.96 Å². The SMILES string of the molecule is CCOC1CCN(C(=NC)NCCc2nnc3n2CCCCC3)CC1. The molecule has 1 saturated heterocycles. The summed E-state index contributed by atoms with van der Waals surface area (Å²) in [5.41, 5.74) is 0. The minimum atomic E-state index is 0.408. The molecule has 1 N–H and O–H groups in total. The first-order chi connectivity index (χ1) is 12.3. The molecule has 3 heterocycles. The van der Waals surface area contributed by atoms with E-state index in [9.17, 15) is 0 Å². The zero-order valence-electron chi connectivity index (χ0n) is 15.7. The maximum atomic E-state index is 5.73. The van der Waals surface area contributed by atoms with Crippen LogP contribution in [0.15, 0.2) is 4.99 Å². The summed E-state index contributed by atoms with van der Waals surface area (Å²) in [6.07, 6.45) is 8.29. The first-order valence-corrected chi connectivity index (χ1v) is 9.80. The van der Waals surface area contributed by atoms with E-state index in [1.807, 2.05) is 7.05 Å². The fourth-order valence-corrected chi connectivity index (χ4v) is 3.82. The lowest BCUT2D eigenvalue weighted by Crippen LogP contribution is -2.47. The van der Waals surface area contributed by atoms with Gasteiger partial charge in [-0.05, 0) is 32.6 Å². The molecule has 2 aliphatic rings. The molecule has 1 fully saturated rings. The summed E-state index contributed by atoms with van der Waals surface area (Å²) in [6.45, 7) is 6.79. The minimum Gasteiger partial charge on any atom is -0.378 e. The number of likely N-dealkylation sites (tertiary alicyclic amines) is 1. The van der Waals surface area contributed by atoms with Crippen molar-refractivity contribution in [2.24, 2.45) is 4.99 Å². The molecule has 2 aliphatic heterocycles. The van der Waals surface area contributed by atoms with E-state index in [1.165, 1.54) is 19.3 Å². The Morgan fingerprint density at radius 3 is 2.80 bits per heavy atom. The molecule has 0 aliphatic carbocycles. The molecule has 0 amide bonds. The average Bonchev–Trinajstić information content (AvgIpc) is 2.87. The predicted octanol–water partition coefficient (Wildman–Crippen LogP) is 1.62. The predicted molar refractivity (Wildman–Crippen MR) is 98.9 cm³/mol. The van der Waals surface area contributed by atoms with E-state index >= 15 is 0 Å². The van der Waals surface area contributed by atoms with Crippen molar-refractivity contribution < 1.29 is 4.74 Å². The Morgan fingerprint density at radius 2 is 2.04 bits per heavy atom. The first kappa shape index (κ1) is 18.2. The molecule has 0 aromatic carbocycles. The van der Waals surface area contributed by atoms with Crippen LogP contribution in [0.1, 0.15) is 50.7 Å². The van der Waals surface area contributed by atoms with Gasteiger partial charge in [0.05, 0.1) is 6.10 Å². The second-order valence-electron chi connectivity index (χ2n) is 6.86. The Bertz CT molecular complexity index is 562. The molecule has 0 atom stereocenters. The van der Waals surface area contributed by atoms with Crippen molar-refractivity contribution in [2.75, 3.05) is 33.3 Å². The van der Waals surface area contributed by atoms with Gasteiger partial charge in [0, 0.05) is 52.7 Å². The molecule has 25 heavy (non-hydrogen) atoms. The van der Waals surface area contributed by atoms with Crippen molar-refractivity contribution in [3.05, 3.63) is 11.6 Å². The van der Waals surface area contributed by atoms with Crippen LogP contribution in [0.25, 0.3) is 0 Å². The molecule has 3 rings (SSSR count). The Morgan fingerprint density at radius 1 is 1.20 bits per heavy atom. The number of nitrogens with zero attached hydrogens (tertiary/aromatic N) is 5. The number of aliphatic imine (C=N–C) groups is 1. The second kappa shape index (κ2) is 9.17. The van der Waals surface area contributed by atoms with Crippen molar-refractivity contribution in [3.63, 3.8) is 0 Å². The molecule has 0 saturated carbocycles. The second-order valence-corrected chi connectivity index (χ2v) is 6.86. The number of aryl methyl sites for hydroxylation is 1. The normalized spacial score (nSPS) is 19.6. The lowest BCUT2D eigenvalue weighted by Gasteiger charge is -2.34. The van der Waals surface area contributed by atoms with Gasteiger partial charge in [-0.2, -0.15) is 0 Å². The van der Waals surface area contributed by atoms with Crippen LogP contribution in [-0.2, 0) is 24.1 Å². The quantitative estimate of drug-likeness (QED) is 0.647. The summed E-state index contributed by atoms with van der Waals surface area (Å²) in [6, 6.07) is 0. The number of rotatable bonds is 5. The van der Waals surface area contributed by atoms with Gasteiger partial charge in [-0.3, -0.25) is 4.99 Å². The fraction of sp³-hybridized carbons (Fsp3) is 0.833. The van der Waals surface area contributed by atoms with E-state index in [2.05, 4.69) is 36.9 Å². The molecular weight excluding hydrogens is 316 g/mol. The van der Waals surface area contributed by atoms with Gasteiger partial charge in [-0.1, -0.05) is 6.42 Å². The molecule has 7 nitrogen and oxygen atoms in total. The van der Waals surface area contributed by atoms with Gasteiger partial charge in [0.15, 0.2) is 5.96 Å². The van der Waals surface area contributed by atoms with Gasteiger partial charge in [0.1, 0.15) is 11.6 Å². The maximum absolute atomic E-state index is 5.73. The highest BCUT2D eigenvalue weighted by atomic mass is 16.5. The van der Waals surface area contributed by atoms with E-state index in [1.54, 1.807) is 0 Å². The van der Waals surface area contributed by atoms with Crippen LogP contribution >= 0.6 is 0 Å². The van der Waals surface area contributed by atoms with Crippen LogP contribution in [0, 0.1) is 0 Å². The summed E-state index contributed by atoms with van der Waals surface area (Å²) < 4.78 is 8.06. The number of fused-ring (bicyclic) bond motifs is 1. The van der Waals surface area contributed by atoms with E-state index in [0.29, 0.717) is 6.10 Å². The van der Waals surface area contributed by atoms with Gasteiger partial charge in [0.2, 0.25) is 0 Å². The third kappa shape index (κ3) is 4.71. The third-order valence-corrected chi connectivity index (χ3v) is 5.17. The average molecular weight is 348 g/mol. The Labute approximate surface area is 150 Å². The molecular formula is C18H32N6O. The highest BCUT2D eigenvalue weighted by Crippen LogP contribution is 2.15. The van der Waals surface area contributed by atoms with Gasteiger partial charge < -0.3 is 19.5 Å². The summed E-state index contributed by atoms with van der Waals surface area (Å²) in [5.74, 6) is 3.26. The molecule has 0 bridgehead atoms. The van der Waals surface area contributed by atoms with Crippen LogP contribution < -0.4 is 5.32 Å². The molecule has 140 valence electrons. The van der Waals surface area contributed by atoms with Gasteiger partial charge in [0.25, 0.3) is 0 Å². The number of hydrogen-bond acceptors (Lipinski definition) is 4. The van der Waals surface area contributed by atoms with Crippen LogP contribution in [-0.4, -0.2) is 65.0 Å². The Hall–Kier alpha value is -1.63. The minimum absolute atomic E-state index is 0.408. The fourth-order valence-electron chi connectivity index (χ4n) is 3.82. The Balaban J connectivity index is 1.47. The largest absolute Gasteiger partial charge is 0.378 e. The van der Waals surface area contributed by atoms with Crippen LogP contribution in [0.5, 0.6) is 0 Å². The summed E-state index contributed by atoms with van der Waals surface area (Å²) in [4.78, 5) is 6.79. The molecule has 0 spiro atoms. The van der Waals surface area contributed by atoms with Crippen molar-refractivity contribution in [1.82, 2.24) is 25.0 Å². The number of guanidine groups is 1. The van der Waals surface area contributed by atoms with Gasteiger partial charge in [-0.15, -0.1) is 10.2 Å². The van der Waals surface area contributed by atoms with Crippen LogP contribution in [0.4, 0.5) is 0 Å². The standard InChI is InChI=1S/C18H32N6O/c1-3-25-15-9-13-23(14-10-15)18(19-2)20-11-8-17-22-21-16-7-5-4-6-12-24(16)17/h15H,3-14H2,1-2H3,(H,19,20). The van der Waals surface area contributed by atoms with E-state index in [0.717, 1.165) is 76.1 Å². The summed E-state index contributed by atoms with van der Waals surface area (Å²) in [7, 11) is 1.86. The van der Waals surface area contributed by atoms with Gasteiger partial charge >= 0.3 is 0 Å². The number of ether oxygens (including phenoxy) is 1. The highest BCUT2D eigenvalue weighted by Gasteiger charge is 2.21. The monoisotopic (exact) mass is 348 g/mol. The number of hydrogen-bond donors (Lipinski definition) is 1. The Kier molecular flexibility index (Phi) is 6.67. The van der Waals surface area contributed by atoms with E-state index in [4.69, 9.17) is 4.74 Å². The highest BCUT2D eigenvalue weighted by molar-refractivity contribution is 5.79. The smallest absolute Gasteiger partial charge is 0.193 e.